The van der Waals surface area contributed by atoms with Crippen LogP contribution in [0.3, 0.4) is 0 Å². The Bertz CT molecular complexity index is 455. The van der Waals surface area contributed by atoms with Crippen molar-refractivity contribution in [3.05, 3.63) is 0 Å². The van der Waals surface area contributed by atoms with Crippen molar-refractivity contribution in [1.29, 1.82) is 0 Å². The van der Waals surface area contributed by atoms with Gasteiger partial charge >= 0.3 is 6.01 Å². The Morgan fingerprint density at radius 2 is 2.14 bits per heavy atom. The fourth-order valence-corrected chi connectivity index (χ4v) is 2.71. The molecule has 0 bridgehead atoms. The van der Waals surface area contributed by atoms with Crippen molar-refractivity contribution in [1.82, 2.24) is 19.9 Å². The molecule has 7 heteroatoms. The Morgan fingerprint density at radius 3 is 2.86 bits per heavy atom. The van der Waals surface area contributed by atoms with Crippen molar-refractivity contribution in [3.63, 3.8) is 0 Å². The number of anilines is 2. The molecule has 0 aliphatic carbocycles. The molecule has 1 aliphatic rings. The smallest absolute Gasteiger partial charge is 0.323 e. The predicted molar refractivity (Wildman–Crippen MR) is 83.6 cm³/mol. The van der Waals surface area contributed by atoms with E-state index < -0.39 is 0 Å². The third-order valence-electron chi connectivity index (χ3n) is 3.79. The molecule has 0 radical (unpaired) electrons. The Hall–Kier alpha value is -1.63. The highest BCUT2D eigenvalue weighted by Gasteiger charge is 2.25. The summed E-state index contributed by atoms with van der Waals surface area (Å²) in [6, 6.07) is 0.864. The summed E-state index contributed by atoms with van der Waals surface area (Å²) in [4.78, 5) is 17.1. The van der Waals surface area contributed by atoms with Crippen molar-refractivity contribution < 1.29 is 4.74 Å². The fraction of sp³-hybridized carbons (Fsp3) is 0.786. The Kier molecular flexibility index (Phi) is 5.55. The number of ether oxygens (including phenoxy) is 1. The van der Waals surface area contributed by atoms with E-state index in [2.05, 4.69) is 26.8 Å². The summed E-state index contributed by atoms with van der Waals surface area (Å²) in [5, 5.41) is 0. The molecular formula is C14H26N6O. The first-order chi connectivity index (χ1) is 10.1. The third-order valence-corrected chi connectivity index (χ3v) is 3.79. The molecule has 118 valence electrons. The first kappa shape index (κ1) is 15.8. The maximum absolute atomic E-state index is 5.75. The van der Waals surface area contributed by atoms with Crippen LogP contribution in [0.2, 0.25) is 0 Å². The van der Waals surface area contributed by atoms with Gasteiger partial charge in [0.1, 0.15) is 0 Å². The van der Waals surface area contributed by atoms with Gasteiger partial charge in [-0.2, -0.15) is 15.0 Å². The zero-order valence-electron chi connectivity index (χ0n) is 13.2. The first-order valence-corrected chi connectivity index (χ1v) is 7.73. The van der Waals surface area contributed by atoms with Crippen LogP contribution in [0, 0.1) is 0 Å². The minimum Gasteiger partial charge on any atom is -0.463 e. The molecule has 1 atom stereocenters. The van der Waals surface area contributed by atoms with E-state index in [-0.39, 0.29) is 5.95 Å². The van der Waals surface area contributed by atoms with Gasteiger partial charge in [-0.3, -0.25) is 4.90 Å². The van der Waals surface area contributed by atoms with Crippen LogP contribution in [0.1, 0.15) is 33.1 Å². The molecule has 0 aromatic carbocycles. The van der Waals surface area contributed by atoms with Gasteiger partial charge in [0, 0.05) is 19.6 Å². The van der Waals surface area contributed by atoms with Gasteiger partial charge in [-0.15, -0.1) is 0 Å². The average molecular weight is 294 g/mol. The predicted octanol–water partition coefficient (Wildman–Crippen LogP) is 1.16. The molecule has 2 heterocycles. The van der Waals surface area contributed by atoms with Crippen molar-refractivity contribution in [3.8, 4) is 6.01 Å². The molecule has 1 aromatic rings. The van der Waals surface area contributed by atoms with Gasteiger partial charge in [-0.05, 0) is 32.4 Å². The van der Waals surface area contributed by atoms with E-state index in [0.717, 1.165) is 19.5 Å². The number of likely N-dealkylation sites (tertiary alicyclic amines) is 1. The number of nitrogens with two attached hydrogens (primary N) is 1. The largest absolute Gasteiger partial charge is 0.463 e. The number of rotatable bonds is 7. The molecule has 1 saturated heterocycles. The van der Waals surface area contributed by atoms with Crippen LogP contribution in [0.25, 0.3) is 0 Å². The van der Waals surface area contributed by atoms with E-state index >= 15 is 0 Å². The lowest BCUT2D eigenvalue weighted by Gasteiger charge is -2.27. The summed E-state index contributed by atoms with van der Waals surface area (Å²) in [6.45, 7) is 7.98. The molecule has 21 heavy (non-hydrogen) atoms. The molecule has 0 saturated carbocycles. The van der Waals surface area contributed by atoms with Crippen LogP contribution in [0.15, 0.2) is 0 Å². The molecule has 2 rings (SSSR count). The van der Waals surface area contributed by atoms with Crippen molar-refractivity contribution >= 4 is 11.9 Å². The van der Waals surface area contributed by atoms with Crippen molar-refractivity contribution in [2.45, 2.75) is 39.2 Å². The fourth-order valence-electron chi connectivity index (χ4n) is 2.71. The summed E-state index contributed by atoms with van der Waals surface area (Å²) in [5.41, 5.74) is 5.75. The van der Waals surface area contributed by atoms with Crippen LogP contribution in [0.4, 0.5) is 11.9 Å². The number of likely N-dealkylation sites (N-methyl/N-ethyl adjacent to an activating group) is 2. The molecule has 0 amide bonds. The van der Waals surface area contributed by atoms with E-state index in [1.165, 1.54) is 19.4 Å². The van der Waals surface area contributed by atoms with Crippen LogP contribution < -0.4 is 15.4 Å². The van der Waals surface area contributed by atoms with Gasteiger partial charge in [0.25, 0.3) is 0 Å². The number of nitrogens with zero attached hydrogens (tertiary/aromatic N) is 5. The molecule has 1 unspecified atom stereocenters. The molecule has 0 spiro atoms. The number of hydrogen-bond acceptors (Lipinski definition) is 7. The average Bonchev–Trinajstić information content (AvgIpc) is 2.91. The van der Waals surface area contributed by atoms with Gasteiger partial charge in [0.15, 0.2) is 0 Å². The number of aromatic nitrogens is 3. The van der Waals surface area contributed by atoms with E-state index in [0.29, 0.717) is 24.6 Å². The van der Waals surface area contributed by atoms with Gasteiger partial charge in [0.05, 0.1) is 6.61 Å². The minimum atomic E-state index is 0.205. The van der Waals surface area contributed by atoms with Crippen LogP contribution in [0.5, 0.6) is 6.01 Å². The summed E-state index contributed by atoms with van der Waals surface area (Å²) < 4.78 is 5.46. The molecule has 1 aliphatic heterocycles. The van der Waals surface area contributed by atoms with Gasteiger partial charge < -0.3 is 15.4 Å². The van der Waals surface area contributed by atoms with E-state index in [1.54, 1.807) is 0 Å². The number of hydrogen-bond donors (Lipinski definition) is 1. The Balaban J connectivity index is 2.04. The Labute approximate surface area is 126 Å². The summed E-state index contributed by atoms with van der Waals surface area (Å²) in [7, 11) is 1.99. The van der Waals surface area contributed by atoms with E-state index in [9.17, 15) is 0 Å². The molecule has 2 N–H and O–H groups in total. The molecule has 1 fully saturated rings. The van der Waals surface area contributed by atoms with Crippen LogP contribution in [-0.2, 0) is 0 Å². The number of nitrogen functional groups attached to an aromatic ring is 1. The second kappa shape index (κ2) is 7.40. The topological polar surface area (TPSA) is 80.4 Å². The van der Waals surface area contributed by atoms with E-state index in [4.69, 9.17) is 10.5 Å². The maximum atomic E-state index is 5.75. The molecule has 1 aromatic heterocycles. The van der Waals surface area contributed by atoms with Gasteiger partial charge in [-0.1, -0.05) is 13.8 Å². The monoisotopic (exact) mass is 294 g/mol. The molecular weight excluding hydrogens is 268 g/mol. The van der Waals surface area contributed by atoms with Crippen molar-refractivity contribution in [2.24, 2.45) is 0 Å². The van der Waals surface area contributed by atoms with Gasteiger partial charge in [-0.25, -0.2) is 0 Å². The minimum absolute atomic E-state index is 0.205. The quantitative estimate of drug-likeness (QED) is 0.808. The summed E-state index contributed by atoms with van der Waals surface area (Å²) in [6.07, 6.45) is 3.39. The molecule has 7 nitrogen and oxygen atoms in total. The second-order valence-corrected chi connectivity index (χ2v) is 5.43. The summed E-state index contributed by atoms with van der Waals surface area (Å²) in [5.74, 6) is 0.785. The summed E-state index contributed by atoms with van der Waals surface area (Å²) >= 11 is 0. The Morgan fingerprint density at radius 1 is 1.33 bits per heavy atom. The lowest BCUT2D eigenvalue weighted by atomic mass is 10.2. The zero-order chi connectivity index (χ0) is 15.2. The lowest BCUT2D eigenvalue weighted by molar-refractivity contribution is 0.269. The highest BCUT2D eigenvalue weighted by Crippen LogP contribution is 2.20. The zero-order valence-corrected chi connectivity index (χ0v) is 13.2. The van der Waals surface area contributed by atoms with Crippen LogP contribution >= 0.6 is 0 Å². The highest BCUT2D eigenvalue weighted by atomic mass is 16.5. The lowest BCUT2D eigenvalue weighted by Crippen LogP contribution is -2.39. The highest BCUT2D eigenvalue weighted by molar-refractivity contribution is 5.35. The van der Waals surface area contributed by atoms with Crippen molar-refractivity contribution in [2.75, 3.05) is 43.9 Å². The van der Waals surface area contributed by atoms with E-state index in [1.807, 2.05) is 18.9 Å². The standard InChI is InChI=1S/C14H26N6O/c1-4-9-21-14-17-12(15)16-13(18-14)19(3)10-11-7-6-8-20(11)5-2/h11H,4-10H2,1-3H3,(H2,15,16,17,18). The van der Waals surface area contributed by atoms with Gasteiger partial charge in [0.2, 0.25) is 11.9 Å². The SMILES string of the molecule is CCCOc1nc(N)nc(N(C)CC2CCCN2CC)n1. The maximum Gasteiger partial charge on any atom is 0.323 e. The third kappa shape index (κ3) is 4.17. The first-order valence-electron chi connectivity index (χ1n) is 7.73. The second-order valence-electron chi connectivity index (χ2n) is 5.43. The normalized spacial score (nSPS) is 18.9. The van der Waals surface area contributed by atoms with Crippen LogP contribution in [-0.4, -0.2) is 59.2 Å².